The topological polar surface area (TPSA) is 126 Å². The van der Waals surface area contributed by atoms with E-state index in [2.05, 4.69) is 15.0 Å². The van der Waals surface area contributed by atoms with E-state index in [1.54, 1.807) is 17.0 Å². The molecule has 194 valence electrons. The minimum Gasteiger partial charge on any atom is -0.343 e. The van der Waals surface area contributed by atoms with Crippen LogP contribution in [0.3, 0.4) is 0 Å². The third kappa shape index (κ3) is 6.87. The summed E-state index contributed by atoms with van der Waals surface area (Å²) in [6.07, 6.45) is 6.74. The lowest BCUT2D eigenvalue weighted by Crippen LogP contribution is -2.48. The number of nitro groups is 1. The molecule has 2 aliphatic rings. The monoisotopic (exact) mass is 498 g/mol. The Morgan fingerprint density at radius 2 is 1.92 bits per heavy atom. The molecule has 0 radical (unpaired) electrons. The fourth-order valence-corrected chi connectivity index (χ4v) is 4.94. The number of benzene rings is 1. The Morgan fingerprint density at radius 1 is 1.17 bits per heavy atom. The Kier molecular flexibility index (Phi) is 8.63. The van der Waals surface area contributed by atoms with Gasteiger partial charge in [-0.3, -0.25) is 24.6 Å². The van der Waals surface area contributed by atoms with Crippen molar-refractivity contribution in [3.8, 4) is 0 Å². The number of aromatic nitrogens is 2. The van der Waals surface area contributed by atoms with Gasteiger partial charge in [-0.1, -0.05) is 36.6 Å². The Hall–Kier alpha value is -3.34. The van der Waals surface area contributed by atoms with Crippen LogP contribution >= 0.6 is 0 Å². The molecular formula is C25H34N6O5. The van der Waals surface area contributed by atoms with E-state index in [0.29, 0.717) is 68.9 Å². The highest BCUT2D eigenvalue weighted by Gasteiger charge is 2.24. The molecule has 1 aromatic heterocycles. The number of amides is 2. The maximum atomic E-state index is 12.7. The van der Waals surface area contributed by atoms with Crippen molar-refractivity contribution in [2.75, 3.05) is 33.2 Å². The molecule has 11 nitrogen and oxygen atoms in total. The fraction of sp³-hybridized carbons (Fsp3) is 0.600. The summed E-state index contributed by atoms with van der Waals surface area (Å²) >= 11 is 0. The minimum atomic E-state index is -0.454. The highest BCUT2D eigenvalue weighted by molar-refractivity contribution is 5.79. The van der Waals surface area contributed by atoms with Gasteiger partial charge in [0.1, 0.15) is 0 Å². The summed E-state index contributed by atoms with van der Waals surface area (Å²) < 4.78 is 5.36. The first-order valence-electron chi connectivity index (χ1n) is 12.7. The largest absolute Gasteiger partial charge is 0.343 e. The molecule has 36 heavy (non-hydrogen) atoms. The molecule has 0 spiro atoms. The second-order valence-electron chi connectivity index (χ2n) is 9.66. The number of hydrogen-bond donors (Lipinski definition) is 0. The first kappa shape index (κ1) is 25.7. The molecule has 1 aliphatic carbocycles. The standard InChI is InChI=1S/C25H34N6O5/c1-28(20-7-3-2-4-8-20)24(32)11-10-23-26-22(27-36-23)18-29-12-14-30(15-13-29)25(33)17-19-6-5-9-21(16-19)31(34)35/h5-6,9,16,20H,2-4,7-8,10-15,17-18H2,1H3. The maximum absolute atomic E-state index is 12.7. The van der Waals surface area contributed by atoms with Gasteiger partial charge in [-0.25, -0.2) is 0 Å². The van der Waals surface area contributed by atoms with Gasteiger partial charge in [-0.2, -0.15) is 4.98 Å². The molecule has 1 aliphatic heterocycles. The van der Waals surface area contributed by atoms with E-state index in [1.165, 1.54) is 31.4 Å². The van der Waals surface area contributed by atoms with Gasteiger partial charge in [0.2, 0.25) is 17.7 Å². The number of hydrogen-bond acceptors (Lipinski definition) is 8. The van der Waals surface area contributed by atoms with Gasteiger partial charge in [-0.15, -0.1) is 0 Å². The minimum absolute atomic E-state index is 0.00907. The molecule has 1 saturated carbocycles. The maximum Gasteiger partial charge on any atom is 0.269 e. The molecule has 2 aromatic rings. The molecule has 0 unspecified atom stereocenters. The van der Waals surface area contributed by atoms with Gasteiger partial charge < -0.3 is 14.3 Å². The van der Waals surface area contributed by atoms with Crippen LogP contribution < -0.4 is 0 Å². The molecule has 2 heterocycles. The van der Waals surface area contributed by atoms with Gasteiger partial charge in [-0.05, 0) is 18.4 Å². The smallest absolute Gasteiger partial charge is 0.269 e. The van der Waals surface area contributed by atoms with Crippen LogP contribution in [0.2, 0.25) is 0 Å². The van der Waals surface area contributed by atoms with E-state index in [0.717, 1.165) is 12.8 Å². The number of non-ortho nitro benzene ring substituents is 1. The Balaban J connectivity index is 1.19. The lowest BCUT2D eigenvalue weighted by molar-refractivity contribution is -0.384. The van der Waals surface area contributed by atoms with Gasteiger partial charge in [0.05, 0.1) is 17.9 Å². The van der Waals surface area contributed by atoms with E-state index in [9.17, 15) is 19.7 Å². The molecule has 0 N–H and O–H groups in total. The fourth-order valence-electron chi connectivity index (χ4n) is 4.94. The molecule has 0 atom stereocenters. The Bertz CT molecular complexity index is 1060. The summed E-state index contributed by atoms with van der Waals surface area (Å²) in [5.74, 6) is 1.13. The van der Waals surface area contributed by atoms with E-state index in [-0.39, 0.29) is 23.9 Å². The second kappa shape index (κ2) is 12.1. The number of carbonyl (C=O) groups is 2. The Labute approximate surface area is 210 Å². The van der Waals surface area contributed by atoms with Gasteiger partial charge in [0.15, 0.2) is 5.82 Å². The van der Waals surface area contributed by atoms with Crippen molar-refractivity contribution >= 4 is 17.5 Å². The van der Waals surface area contributed by atoms with Crippen molar-refractivity contribution in [2.24, 2.45) is 0 Å². The number of rotatable bonds is 9. The van der Waals surface area contributed by atoms with Crippen molar-refractivity contribution in [1.82, 2.24) is 24.8 Å². The first-order valence-corrected chi connectivity index (χ1v) is 12.7. The average molecular weight is 499 g/mol. The zero-order valence-corrected chi connectivity index (χ0v) is 20.8. The number of aryl methyl sites for hydroxylation is 1. The predicted octanol–water partition coefficient (Wildman–Crippen LogP) is 2.59. The summed E-state index contributed by atoms with van der Waals surface area (Å²) in [5, 5.41) is 15.0. The molecule has 2 fully saturated rings. The van der Waals surface area contributed by atoms with E-state index in [4.69, 9.17) is 4.52 Å². The number of nitrogens with zero attached hydrogens (tertiary/aromatic N) is 6. The van der Waals surface area contributed by atoms with Crippen molar-refractivity contribution in [2.45, 2.75) is 64.0 Å². The van der Waals surface area contributed by atoms with Crippen LogP contribution in [-0.4, -0.2) is 80.8 Å². The van der Waals surface area contributed by atoms with Gasteiger partial charge in [0.25, 0.3) is 5.69 Å². The summed E-state index contributed by atoms with van der Waals surface area (Å²) in [6.45, 7) is 3.01. The summed E-state index contributed by atoms with van der Waals surface area (Å²) in [7, 11) is 1.89. The van der Waals surface area contributed by atoms with Crippen LogP contribution in [0.4, 0.5) is 5.69 Å². The zero-order chi connectivity index (χ0) is 25.5. The van der Waals surface area contributed by atoms with E-state index in [1.807, 2.05) is 11.9 Å². The Morgan fingerprint density at radius 3 is 2.64 bits per heavy atom. The van der Waals surface area contributed by atoms with Crippen LogP contribution in [0, 0.1) is 10.1 Å². The molecule has 11 heteroatoms. The summed E-state index contributed by atoms with van der Waals surface area (Å²) in [4.78, 5) is 46.0. The lowest BCUT2D eigenvalue weighted by Gasteiger charge is -2.34. The van der Waals surface area contributed by atoms with Crippen LogP contribution in [0.25, 0.3) is 0 Å². The third-order valence-electron chi connectivity index (χ3n) is 7.15. The molecule has 4 rings (SSSR count). The van der Waals surface area contributed by atoms with E-state index >= 15 is 0 Å². The van der Waals surface area contributed by atoms with Gasteiger partial charge >= 0.3 is 0 Å². The quantitative estimate of drug-likeness (QED) is 0.381. The van der Waals surface area contributed by atoms with E-state index < -0.39 is 4.92 Å². The van der Waals surface area contributed by atoms with Crippen molar-refractivity contribution in [3.05, 3.63) is 51.7 Å². The highest BCUT2D eigenvalue weighted by Crippen LogP contribution is 2.22. The number of piperazine rings is 1. The van der Waals surface area contributed by atoms with Crippen molar-refractivity contribution in [3.63, 3.8) is 0 Å². The SMILES string of the molecule is CN(C(=O)CCc1nc(CN2CCN(C(=O)Cc3cccc([N+](=O)[O-])c3)CC2)no1)C1CCCCC1. The van der Waals surface area contributed by atoms with Crippen LogP contribution in [0.15, 0.2) is 28.8 Å². The normalized spacial score (nSPS) is 17.2. The molecule has 1 aromatic carbocycles. The highest BCUT2D eigenvalue weighted by atomic mass is 16.6. The van der Waals surface area contributed by atoms with Gasteiger partial charge in [0, 0.05) is 64.2 Å². The zero-order valence-electron chi connectivity index (χ0n) is 20.8. The summed E-state index contributed by atoms with van der Waals surface area (Å²) in [6, 6.07) is 6.55. The van der Waals surface area contributed by atoms with Crippen LogP contribution in [-0.2, 0) is 29.0 Å². The lowest BCUT2D eigenvalue weighted by atomic mass is 9.94. The van der Waals surface area contributed by atoms with Crippen molar-refractivity contribution in [1.29, 1.82) is 0 Å². The molecule has 1 saturated heterocycles. The van der Waals surface area contributed by atoms with Crippen LogP contribution in [0.5, 0.6) is 0 Å². The molecule has 2 amide bonds. The third-order valence-corrected chi connectivity index (χ3v) is 7.15. The second-order valence-corrected chi connectivity index (χ2v) is 9.66. The number of nitro benzene ring substituents is 1. The summed E-state index contributed by atoms with van der Waals surface area (Å²) in [5.41, 5.74) is 0.629. The number of carbonyl (C=O) groups excluding carboxylic acids is 2. The predicted molar refractivity (Wildman–Crippen MR) is 131 cm³/mol. The molecule has 0 bridgehead atoms. The first-order chi connectivity index (χ1) is 17.4. The van der Waals surface area contributed by atoms with Crippen LogP contribution in [0.1, 0.15) is 55.8 Å². The van der Waals surface area contributed by atoms with Crippen molar-refractivity contribution < 1.29 is 19.0 Å². The molecular weight excluding hydrogens is 464 g/mol. The average Bonchev–Trinajstić information content (AvgIpc) is 3.35.